The van der Waals surface area contributed by atoms with Gasteiger partial charge in [-0.05, 0) is 25.3 Å². The molecule has 1 heterocycles. The second kappa shape index (κ2) is 4.13. The SMILES string of the molecule is CSc1nc(C)ccc1C(N)=NO. The molecule has 0 fully saturated rings. The number of oxime groups is 1. The number of nitrogens with two attached hydrogens (primary N) is 1. The molecule has 1 aromatic heterocycles. The summed E-state index contributed by atoms with van der Waals surface area (Å²) in [4.78, 5) is 4.25. The van der Waals surface area contributed by atoms with E-state index in [2.05, 4.69) is 10.1 Å². The third-order valence-corrected chi connectivity index (χ3v) is 2.27. The van der Waals surface area contributed by atoms with Crippen LogP contribution in [0.15, 0.2) is 22.3 Å². The molecule has 0 atom stereocenters. The van der Waals surface area contributed by atoms with Crippen LogP contribution in [0.25, 0.3) is 0 Å². The van der Waals surface area contributed by atoms with E-state index < -0.39 is 0 Å². The summed E-state index contributed by atoms with van der Waals surface area (Å²) in [5.74, 6) is 0.0943. The zero-order chi connectivity index (χ0) is 9.84. The summed E-state index contributed by atoms with van der Waals surface area (Å²) < 4.78 is 0. The average Bonchev–Trinajstić information content (AvgIpc) is 2.16. The van der Waals surface area contributed by atoms with Crippen LogP contribution < -0.4 is 5.73 Å². The molecular weight excluding hydrogens is 186 g/mol. The number of amidine groups is 1. The third-order valence-electron chi connectivity index (χ3n) is 1.58. The van der Waals surface area contributed by atoms with Crippen LogP contribution in [0.2, 0.25) is 0 Å². The Balaban J connectivity index is 3.21. The van der Waals surface area contributed by atoms with E-state index in [4.69, 9.17) is 10.9 Å². The first-order valence-electron chi connectivity index (χ1n) is 3.68. The lowest BCUT2D eigenvalue weighted by atomic mass is 10.2. The van der Waals surface area contributed by atoms with Gasteiger partial charge >= 0.3 is 0 Å². The van der Waals surface area contributed by atoms with Crippen LogP contribution in [-0.2, 0) is 0 Å². The number of aryl methyl sites for hydroxylation is 1. The van der Waals surface area contributed by atoms with E-state index in [1.807, 2.05) is 19.2 Å². The molecule has 13 heavy (non-hydrogen) atoms. The first-order valence-corrected chi connectivity index (χ1v) is 4.91. The van der Waals surface area contributed by atoms with Crippen molar-refractivity contribution in [1.29, 1.82) is 0 Å². The maximum absolute atomic E-state index is 8.50. The van der Waals surface area contributed by atoms with Gasteiger partial charge in [-0.1, -0.05) is 5.16 Å². The van der Waals surface area contributed by atoms with Gasteiger partial charge in [0, 0.05) is 5.69 Å². The highest BCUT2D eigenvalue weighted by atomic mass is 32.2. The van der Waals surface area contributed by atoms with Crippen LogP contribution in [0.3, 0.4) is 0 Å². The Morgan fingerprint density at radius 3 is 2.85 bits per heavy atom. The van der Waals surface area contributed by atoms with Crippen LogP contribution in [0.5, 0.6) is 0 Å². The lowest BCUT2D eigenvalue weighted by Gasteiger charge is -2.04. The van der Waals surface area contributed by atoms with Crippen molar-refractivity contribution >= 4 is 17.6 Å². The number of nitrogens with zero attached hydrogens (tertiary/aromatic N) is 2. The summed E-state index contributed by atoms with van der Waals surface area (Å²) in [6.07, 6.45) is 1.90. The van der Waals surface area contributed by atoms with E-state index in [1.165, 1.54) is 11.8 Å². The average molecular weight is 197 g/mol. The van der Waals surface area contributed by atoms with Gasteiger partial charge in [-0.3, -0.25) is 0 Å². The van der Waals surface area contributed by atoms with Gasteiger partial charge < -0.3 is 10.9 Å². The Hall–Kier alpha value is -1.23. The molecule has 0 aliphatic heterocycles. The molecule has 0 bridgehead atoms. The van der Waals surface area contributed by atoms with Crippen molar-refractivity contribution in [2.24, 2.45) is 10.9 Å². The summed E-state index contributed by atoms with van der Waals surface area (Å²) >= 11 is 1.47. The van der Waals surface area contributed by atoms with Gasteiger partial charge in [-0.25, -0.2) is 4.98 Å². The molecule has 0 radical (unpaired) electrons. The molecule has 0 saturated heterocycles. The van der Waals surface area contributed by atoms with Crippen molar-refractivity contribution in [2.45, 2.75) is 11.9 Å². The number of aromatic nitrogens is 1. The monoisotopic (exact) mass is 197 g/mol. The fraction of sp³-hybridized carbons (Fsp3) is 0.250. The Kier molecular flexibility index (Phi) is 3.13. The summed E-state index contributed by atoms with van der Waals surface area (Å²) in [6, 6.07) is 3.62. The number of thioether (sulfide) groups is 1. The van der Waals surface area contributed by atoms with Gasteiger partial charge in [-0.2, -0.15) is 0 Å². The maximum Gasteiger partial charge on any atom is 0.172 e. The van der Waals surface area contributed by atoms with E-state index in [0.717, 1.165) is 10.7 Å². The number of rotatable bonds is 2. The first-order chi connectivity index (χ1) is 6.19. The van der Waals surface area contributed by atoms with Crippen molar-refractivity contribution in [1.82, 2.24) is 4.98 Å². The Morgan fingerprint density at radius 1 is 1.62 bits per heavy atom. The van der Waals surface area contributed by atoms with E-state index in [9.17, 15) is 0 Å². The Labute approximate surface area is 80.9 Å². The predicted octanol–water partition coefficient (Wildman–Crippen LogP) is 1.21. The fourth-order valence-electron chi connectivity index (χ4n) is 0.937. The maximum atomic E-state index is 8.50. The van der Waals surface area contributed by atoms with Gasteiger partial charge in [0.25, 0.3) is 0 Å². The van der Waals surface area contributed by atoms with Crippen molar-refractivity contribution < 1.29 is 5.21 Å². The molecule has 1 rings (SSSR count). The van der Waals surface area contributed by atoms with Crippen molar-refractivity contribution in [3.05, 3.63) is 23.4 Å². The van der Waals surface area contributed by atoms with E-state index in [0.29, 0.717) is 5.56 Å². The zero-order valence-electron chi connectivity index (χ0n) is 7.48. The molecule has 0 aliphatic carbocycles. The lowest BCUT2D eigenvalue weighted by Crippen LogP contribution is -2.15. The van der Waals surface area contributed by atoms with Crippen LogP contribution in [0.4, 0.5) is 0 Å². The molecule has 0 spiro atoms. The molecule has 0 aliphatic rings. The van der Waals surface area contributed by atoms with Gasteiger partial charge in [0.05, 0.1) is 5.56 Å². The standard InChI is InChI=1S/C8H11N3OS/c1-5-3-4-6(7(9)11-12)8(10-5)13-2/h3-4,12H,1-2H3,(H2,9,11). The van der Waals surface area contributed by atoms with Crippen molar-refractivity contribution in [3.63, 3.8) is 0 Å². The third kappa shape index (κ3) is 2.12. The van der Waals surface area contributed by atoms with E-state index >= 15 is 0 Å². The van der Waals surface area contributed by atoms with E-state index in [1.54, 1.807) is 6.07 Å². The second-order valence-electron chi connectivity index (χ2n) is 2.49. The molecule has 3 N–H and O–H groups in total. The van der Waals surface area contributed by atoms with Crippen LogP contribution in [0, 0.1) is 6.92 Å². The fourth-order valence-corrected chi connectivity index (χ4v) is 1.57. The smallest absolute Gasteiger partial charge is 0.172 e. The normalized spacial score (nSPS) is 11.7. The summed E-state index contributed by atoms with van der Waals surface area (Å²) in [5, 5.41) is 12.2. The summed E-state index contributed by atoms with van der Waals surface area (Å²) in [5.41, 5.74) is 7.05. The lowest BCUT2D eigenvalue weighted by molar-refractivity contribution is 0.318. The zero-order valence-corrected chi connectivity index (χ0v) is 8.30. The highest BCUT2D eigenvalue weighted by Crippen LogP contribution is 2.17. The van der Waals surface area contributed by atoms with Crippen LogP contribution in [0.1, 0.15) is 11.3 Å². The van der Waals surface area contributed by atoms with E-state index in [-0.39, 0.29) is 5.84 Å². The number of pyridine rings is 1. The van der Waals surface area contributed by atoms with Crippen molar-refractivity contribution in [3.8, 4) is 0 Å². The van der Waals surface area contributed by atoms with Crippen molar-refractivity contribution in [2.75, 3.05) is 6.26 Å². The number of hydrogen-bond donors (Lipinski definition) is 2. The van der Waals surface area contributed by atoms with Gasteiger partial charge in [-0.15, -0.1) is 11.8 Å². The van der Waals surface area contributed by atoms with Gasteiger partial charge in [0.15, 0.2) is 5.84 Å². The predicted molar refractivity (Wildman–Crippen MR) is 53.3 cm³/mol. The molecule has 5 heteroatoms. The topological polar surface area (TPSA) is 71.5 Å². The molecule has 0 aromatic carbocycles. The van der Waals surface area contributed by atoms with Crippen LogP contribution in [-0.4, -0.2) is 22.3 Å². The molecule has 0 amide bonds. The molecule has 4 nitrogen and oxygen atoms in total. The highest BCUT2D eigenvalue weighted by molar-refractivity contribution is 7.98. The Morgan fingerprint density at radius 2 is 2.31 bits per heavy atom. The molecule has 70 valence electrons. The highest BCUT2D eigenvalue weighted by Gasteiger charge is 2.07. The largest absolute Gasteiger partial charge is 0.409 e. The minimum absolute atomic E-state index is 0.0943. The minimum Gasteiger partial charge on any atom is -0.409 e. The quantitative estimate of drug-likeness (QED) is 0.246. The second-order valence-corrected chi connectivity index (χ2v) is 3.29. The van der Waals surface area contributed by atoms with Gasteiger partial charge in [0.1, 0.15) is 5.03 Å². The molecule has 0 unspecified atom stereocenters. The minimum atomic E-state index is 0.0943. The molecular formula is C8H11N3OS. The first kappa shape index (κ1) is 9.85. The van der Waals surface area contributed by atoms with Crippen LogP contribution >= 0.6 is 11.8 Å². The summed E-state index contributed by atoms with van der Waals surface area (Å²) in [7, 11) is 0. The molecule has 1 aromatic rings. The Bertz CT molecular complexity index is 338. The molecule has 0 saturated carbocycles. The van der Waals surface area contributed by atoms with Gasteiger partial charge in [0.2, 0.25) is 0 Å². The number of hydrogen-bond acceptors (Lipinski definition) is 4. The summed E-state index contributed by atoms with van der Waals surface area (Å²) in [6.45, 7) is 1.90.